The van der Waals surface area contributed by atoms with Gasteiger partial charge in [0.2, 0.25) is 0 Å². The smallest absolute Gasteiger partial charge is 0.261 e. The van der Waals surface area contributed by atoms with Gasteiger partial charge < -0.3 is 9.47 Å². The molecular weight excluding hydrogens is 640 g/mol. The number of rotatable bonds is 8. The number of benzene rings is 4. The van der Waals surface area contributed by atoms with Gasteiger partial charge >= 0.3 is 0 Å². The van der Waals surface area contributed by atoms with E-state index in [-0.39, 0.29) is 17.2 Å². The van der Waals surface area contributed by atoms with Crippen LogP contribution in [0.1, 0.15) is 99.0 Å². The summed E-state index contributed by atoms with van der Waals surface area (Å²) in [6.45, 7) is 7.20. The normalized spacial score (nSPS) is 26.0. The Morgan fingerprint density at radius 2 is 1.14 bits per heavy atom. The lowest BCUT2D eigenvalue weighted by Crippen LogP contribution is -2.38. The molecule has 1 N–H and O–H groups in total. The van der Waals surface area contributed by atoms with Crippen molar-refractivity contribution in [1.82, 2.24) is 10.2 Å². The van der Waals surface area contributed by atoms with Gasteiger partial charge in [-0.25, -0.2) is 0 Å². The predicted octanol–water partition coefficient (Wildman–Crippen LogP) is 8.40. The molecule has 0 saturated heterocycles. The molecule has 4 aromatic carbocycles. The van der Waals surface area contributed by atoms with Gasteiger partial charge in [0.15, 0.2) is 0 Å². The van der Waals surface area contributed by atoms with Crippen LogP contribution in [0.3, 0.4) is 0 Å². The van der Waals surface area contributed by atoms with E-state index in [2.05, 4.69) is 26.1 Å². The minimum Gasteiger partial charge on any atom is -0.457 e. The number of hydrogen-bond acceptors (Lipinski definition) is 6. The summed E-state index contributed by atoms with van der Waals surface area (Å²) in [6.07, 6.45) is 5.08. The number of nitrogens with zero attached hydrogens (tertiary/aromatic N) is 1. The molecule has 258 valence electrons. The van der Waals surface area contributed by atoms with Crippen LogP contribution < -0.4 is 14.8 Å². The molecule has 2 heterocycles. The van der Waals surface area contributed by atoms with Crippen molar-refractivity contribution in [2.45, 2.75) is 51.9 Å². The van der Waals surface area contributed by atoms with Crippen molar-refractivity contribution in [2.24, 2.45) is 35.5 Å². The monoisotopic (exact) mass is 680 g/mol. The van der Waals surface area contributed by atoms with Crippen molar-refractivity contribution >= 4 is 23.6 Å². The van der Waals surface area contributed by atoms with Gasteiger partial charge in [-0.15, -0.1) is 0 Å². The van der Waals surface area contributed by atoms with Crippen LogP contribution in [-0.2, 0) is 5.41 Å². The molecule has 2 bridgehead atoms. The molecule has 3 aliphatic carbocycles. The molecular formula is C43H40N2O6. The van der Waals surface area contributed by atoms with Crippen LogP contribution in [0.25, 0.3) is 0 Å². The largest absolute Gasteiger partial charge is 0.457 e. The lowest BCUT2D eigenvalue weighted by Gasteiger charge is -2.33. The van der Waals surface area contributed by atoms with Crippen LogP contribution >= 0.6 is 0 Å². The van der Waals surface area contributed by atoms with Gasteiger partial charge in [0.25, 0.3) is 23.6 Å². The Morgan fingerprint density at radius 1 is 0.608 bits per heavy atom. The molecule has 5 aliphatic rings. The van der Waals surface area contributed by atoms with E-state index in [0.717, 1.165) is 41.2 Å². The Labute approximate surface area is 297 Å². The van der Waals surface area contributed by atoms with Crippen LogP contribution in [0.15, 0.2) is 84.9 Å². The van der Waals surface area contributed by atoms with E-state index in [1.54, 1.807) is 36.4 Å². The van der Waals surface area contributed by atoms with Crippen molar-refractivity contribution in [1.29, 1.82) is 0 Å². The van der Waals surface area contributed by atoms with Crippen molar-refractivity contribution in [3.63, 3.8) is 0 Å². The van der Waals surface area contributed by atoms with Crippen LogP contribution in [0.2, 0.25) is 0 Å². The van der Waals surface area contributed by atoms with Gasteiger partial charge in [-0.1, -0.05) is 45.0 Å². The average Bonchev–Trinajstić information content (AvgIpc) is 3.91. The molecule has 8 nitrogen and oxygen atoms in total. The van der Waals surface area contributed by atoms with Crippen LogP contribution in [-0.4, -0.2) is 35.1 Å². The predicted molar refractivity (Wildman–Crippen MR) is 190 cm³/mol. The molecule has 3 saturated carbocycles. The lowest BCUT2D eigenvalue weighted by atomic mass is 9.75. The first-order valence-electron chi connectivity index (χ1n) is 18.1. The molecule has 8 heteroatoms. The standard InChI is InChI=1S/C43H40N2O6/c1-23-16-34-24-18-25(35(19-24)36(34)17-23)22-45-41(48)33-15-13-31(21-38(33)42(45)49)51-29-10-6-27(7-11-29)43(2,3)26-4-8-28(9-5-26)50-30-12-14-32-37(20-30)40(47)44-39(32)46/h4-15,20-21,23-25,34-36H,16-19,22H2,1-3H3,(H,44,46,47). The Bertz CT molecular complexity index is 2120. The molecule has 4 aromatic rings. The van der Waals surface area contributed by atoms with Gasteiger partial charge in [-0.2, -0.15) is 0 Å². The summed E-state index contributed by atoms with van der Waals surface area (Å²) >= 11 is 0. The molecule has 6 atom stereocenters. The molecule has 4 amide bonds. The Kier molecular flexibility index (Phi) is 7.25. The van der Waals surface area contributed by atoms with E-state index in [0.29, 0.717) is 63.6 Å². The van der Waals surface area contributed by atoms with E-state index in [1.807, 2.05) is 48.5 Å². The zero-order valence-corrected chi connectivity index (χ0v) is 29.0. The number of imide groups is 2. The fourth-order valence-electron chi connectivity index (χ4n) is 9.96. The van der Waals surface area contributed by atoms with Crippen molar-refractivity contribution < 1.29 is 28.7 Å². The Morgan fingerprint density at radius 3 is 1.78 bits per heavy atom. The lowest BCUT2D eigenvalue weighted by molar-refractivity contribution is 0.0582. The first-order valence-corrected chi connectivity index (χ1v) is 18.1. The second kappa shape index (κ2) is 11.7. The fourth-order valence-corrected chi connectivity index (χ4v) is 9.96. The third kappa shape index (κ3) is 5.26. The zero-order valence-electron chi connectivity index (χ0n) is 29.0. The van der Waals surface area contributed by atoms with E-state index in [4.69, 9.17) is 9.47 Å². The molecule has 0 aromatic heterocycles. The Hall–Kier alpha value is -5.24. The molecule has 3 fully saturated rings. The Balaban J connectivity index is 0.846. The summed E-state index contributed by atoms with van der Waals surface area (Å²) in [5, 5.41) is 2.29. The van der Waals surface area contributed by atoms with Gasteiger partial charge in [0, 0.05) is 12.0 Å². The van der Waals surface area contributed by atoms with Gasteiger partial charge in [-0.3, -0.25) is 29.4 Å². The highest BCUT2D eigenvalue weighted by Crippen LogP contribution is 2.62. The van der Waals surface area contributed by atoms with Gasteiger partial charge in [0.1, 0.15) is 23.0 Å². The zero-order chi connectivity index (χ0) is 35.2. The topological polar surface area (TPSA) is 102 Å². The number of carbonyl (C=O) groups excluding carboxylic acids is 4. The number of ether oxygens (including phenoxy) is 2. The second-order valence-corrected chi connectivity index (χ2v) is 15.9. The van der Waals surface area contributed by atoms with Crippen LogP contribution in [0, 0.1) is 35.5 Å². The van der Waals surface area contributed by atoms with E-state index in [1.165, 1.54) is 24.2 Å². The second-order valence-electron chi connectivity index (χ2n) is 15.9. The highest BCUT2D eigenvalue weighted by atomic mass is 16.5. The summed E-state index contributed by atoms with van der Waals surface area (Å²) in [5.74, 6) is 5.34. The summed E-state index contributed by atoms with van der Waals surface area (Å²) in [7, 11) is 0. The maximum atomic E-state index is 13.6. The first-order chi connectivity index (χ1) is 24.5. The van der Waals surface area contributed by atoms with Crippen molar-refractivity contribution in [2.75, 3.05) is 6.54 Å². The minimum absolute atomic E-state index is 0.179. The molecule has 2 aliphatic heterocycles. The summed E-state index contributed by atoms with van der Waals surface area (Å²) in [4.78, 5) is 52.3. The van der Waals surface area contributed by atoms with E-state index >= 15 is 0 Å². The number of amides is 4. The minimum atomic E-state index is -0.420. The molecule has 0 spiro atoms. The number of nitrogens with one attached hydrogen (secondary N) is 1. The SMILES string of the molecule is CC1CC2C3CC(CN4C(=O)c5ccc(Oc6ccc(C(C)(C)c7ccc(Oc8ccc9c(c8)C(=O)NC9=O)cc7)cc6)cc5C4=O)C(C3)C2C1. The van der Waals surface area contributed by atoms with Crippen LogP contribution in [0.5, 0.6) is 23.0 Å². The van der Waals surface area contributed by atoms with Crippen LogP contribution in [0.4, 0.5) is 0 Å². The van der Waals surface area contributed by atoms with Gasteiger partial charge in [-0.05, 0) is 133 Å². The summed E-state index contributed by atoms with van der Waals surface area (Å²) < 4.78 is 12.2. The summed E-state index contributed by atoms with van der Waals surface area (Å²) in [6, 6.07) is 25.8. The fraction of sp³-hybridized carbons (Fsp3) is 0.349. The van der Waals surface area contributed by atoms with E-state index < -0.39 is 11.8 Å². The first kappa shape index (κ1) is 31.7. The van der Waals surface area contributed by atoms with E-state index in [9.17, 15) is 19.2 Å². The van der Waals surface area contributed by atoms with Crippen molar-refractivity contribution in [3.8, 4) is 23.0 Å². The molecule has 0 radical (unpaired) electrons. The third-order valence-electron chi connectivity index (χ3n) is 12.5. The summed E-state index contributed by atoms with van der Waals surface area (Å²) in [5.41, 5.74) is 3.39. The maximum Gasteiger partial charge on any atom is 0.261 e. The molecule has 6 unspecified atom stereocenters. The highest BCUT2D eigenvalue weighted by Gasteiger charge is 2.56. The number of hydrogen-bond donors (Lipinski definition) is 1. The van der Waals surface area contributed by atoms with Crippen molar-refractivity contribution in [3.05, 3.63) is 118 Å². The third-order valence-corrected chi connectivity index (χ3v) is 12.5. The van der Waals surface area contributed by atoms with Gasteiger partial charge in [0.05, 0.1) is 22.3 Å². The number of carbonyl (C=O) groups is 4. The number of fused-ring (bicyclic) bond motifs is 7. The highest BCUT2D eigenvalue weighted by molar-refractivity contribution is 6.22. The average molecular weight is 681 g/mol. The quantitative estimate of drug-likeness (QED) is 0.188. The molecule has 9 rings (SSSR count). The molecule has 51 heavy (non-hydrogen) atoms. The maximum absolute atomic E-state index is 13.6.